The number of aryl methyl sites for hydroxylation is 1. The van der Waals surface area contributed by atoms with E-state index in [4.69, 9.17) is 39.5 Å². The van der Waals surface area contributed by atoms with Crippen molar-refractivity contribution < 1.29 is 14.3 Å². The van der Waals surface area contributed by atoms with E-state index in [9.17, 15) is 9.59 Å². The van der Waals surface area contributed by atoms with Gasteiger partial charge in [0, 0.05) is 26.8 Å². The van der Waals surface area contributed by atoms with Crippen molar-refractivity contribution in [1.82, 2.24) is 0 Å². The SMILES string of the molecule is Cc1ccc(NC(=O)COC(=O)/C=C/c2ccc(Cl)cc2Cl)cc1Cl. The lowest BCUT2D eigenvalue weighted by Gasteiger charge is -2.07. The van der Waals surface area contributed by atoms with Crippen LogP contribution in [0.25, 0.3) is 6.08 Å². The molecular formula is C18H14Cl3NO3. The third kappa shape index (κ3) is 6.09. The molecule has 7 heteroatoms. The lowest BCUT2D eigenvalue weighted by atomic mass is 10.2. The van der Waals surface area contributed by atoms with E-state index in [0.717, 1.165) is 5.56 Å². The second kappa shape index (κ2) is 8.90. The van der Waals surface area contributed by atoms with Gasteiger partial charge in [0.25, 0.3) is 5.91 Å². The molecule has 0 atom stereocenters. The van der Waals surface area contributed by atoms with Crippen molar-refractivity contribution >= 4 is 58.4 Å². The van der Waals surface area contributed by atoms with Crippen molar-refractivity contribution in [2.75, 3.05) is 11.9 Å². The molecule has 0 saturated heterocycles. The number of esters is 1. The van der Waals surface area contributed by atoms with Crippen molar-refractivity contribution in [2.45, 2.75) is 6.92 Å². The lowest BCUT2D eigenvalue weighted by Crippen LogP contribution is -2.20. The molecule has 0 fully saturated rings. The largest absolute Gasteiger partial charge is 0.452 e. The zero-order valence-corrected chi connectivity index (χ0v) is 15.5. The number of hydrogen-bond acceptors (Lipinski definition) is 3. The highest BCUT2D eigenvalue weighted by Crippen LogP contribution is 2.22. The minimum atomic E-state index is -0.664. The lowest BCUT2D eigenvalue weighted by molar-refractivity contribution is -0.142. The molecule has 2 aromatic carbocycles. The van der Waals surface area contributed by atoms with E-state index < -0.39 is 18.5 Å². The Labute approximate surface area is 160 Å². The van der Waals surface area contributed by atoms with Gasteiger partial charge >= 0.3 is 5.97 Å². The van der Waals surface area contributed by atoms with Crippen molar-refractivity contribution in [2.24, 2.45) is 0 Å². The zero-order valence-electron chi connectivity index (χ0n) is 13.2. The van der Waals surface area contributed by atoms with Gasteiger partial charge in [-0.3, -0.25) is 4.79 Å². The van der Waals surface area contributed by atoms with E-state index in [2.05, 4.69) is 5.32 Å². The normalized spacial score (nSPS) is 10.7. The Balaban J connectivity index is 1.85. The molecule has 0 aliphatic heterocycles. The number of rotatable bonds is 5. The summed E-state index contributed by atoms with van der Waals surface area (Å²) in [4.78, 5) is 23.5. The fourth-order valence-corrected chi connectivity index (χ4v) is 2.50. The van der Waals surface area contributed by atoms with Crippen molar-refractivity contribution in [1.29, 1.82) is 0 Å². The Morgan fingerprint density at radius 2 is 1.84 bits per heavy atom. The van der Waals surface area contributed by atoms with Crippen LogP contribution in [0.5, 0.6) is 0 Å². The summed E-state index contributed by atoms with van der Waals surface area (Å²) >= 11 is 17.8. The minimum absolute atomic E-state index is 0.408. The van der Waals surface area contributed by atoms with E-state index >= 15 is 0 Å². The molecule has 0 saturated carbocycles. The molecule has 0 unspecified atom stereocenters. The number of nitrogens with one attached hydrogen (secondary N) is 1. The Bertz CT molecular complexity index is 834. The first-order chi connectivity index (χ1) is 11.8. The molecule has 2 aromatic rings. The van der Waals surface area contributed by atoms with Gasteiger partial charge in [-0.15, -0.1) is 0 Å². The molecule has 1 N–H and O–H groups in total. The average molecular weight is 399 g/mol. The van der Waals surface area contributed by atoms with Crippen molar-refractivity contribution in [3.63, 3.8) is 0 Å². The highest BCUT2D eigenvalue weighted by atomic mass is 35.5. The van der Waals surface area contributed by atoms with Gasteiger partial charge in [-0.25, -0.2) is 4.79 Å². The van der Waals surface area contributed by atoms with Crippen molar-refractivity contribution in [3.05, 3.63) is 68.7 Å². The first kappa shape index (κ1) is 19.3. The summed E-state index contributed by atoms with van der Waals surface area (Å²) in [5.41, 5.74) is 2.04. The Morgan fingerprint density at radius 1 is 1.08 bits per heavy atom. The highest BCUT2D eigenvalue weighted by molar-refractivity contribution is 6.35. The number of ether oxygens (including phenoxy) is 1. The van der Waals surface area contributed by atoms with Gasteiger partial charge in [-0.1, -0.05) is 46.9 Å². The molecule has 0 bridgehead atoms. The predicted molar refractivity (Wildman–Crippen MR) is 101 cm³/mol. The molecule has 4 nitrogen and oxygen atoms in total. The standard InChI is InChI=1S/C18H14Cl3NO3/c1-11-2-6-14(9-15(11)20)22-17(23)10-25-18(24)7-4-12-3-5-13(19)8-16(12)21/h2-9H,10H2,1H3,(H,22,23)/b7-4+. The van der Waals surface area contributed by atoms with Crippen LogP contribution in [0.3, 0.4) is 0 Å². The van der Waals surface area contributed by atoms with E-state index in [0.29, 0.717) is 26.3 Å². The fourth-order valence-electron chi connectivity index (χ4n) is 1.85. The number of amides is 1. The van der Waals surface area contributed by atoms with Crippen LogP contribution in [0.15, 0.2) is 42.5 Å². The molecule has 0 aliphatic rings. The average Bonchev–Trinajstić information content (AvgIpc) is 2.55. The van der Waals surface area contributed by atoms with Crippen LogP contribution in [0.2, 0.25) is 15.1 Å². The van der Waals surface area contributed by atoms with Crippen LogP contribution in [0.1, 0.15) is 11.1 Å². The maximum atomic E-state index is 11.8. The van der Waals surface area contributed by atoms with Crippen LogP contribution in [-0.4, -0.2) is 18.5 Å². The number of benzene rings is 2. The molecule has 0 aromatic heterocycles. The maximum Gasteiger partial charge on any atom is 0.331 e. The molecular weight excluding hydrogens is 385 g/mol. The Kier molecular flexibility index (Phi) is 6.88. The van der Waals surface area contributed by atoms with Crippen LogP contribution in [-0.2, 0) is 14.3 Å². The summed E-state index contributed by atoms with van der Waals surface area (Å²) in [7, 11) is 0. The summed E-state index contributed by atoms with van der Waals surface area (Å²) in [5.74, 6) is -1.13. The quantitative estimate of drug-likeness (QED) is 0.560. The smallest absolute Gasteiger partial charge is 0.331 e. The molecule has 25 heavy (non-hydrogen) atoms. The molecule has 130 valence electrons. The third-order valence-corrected chi connectivity index (χ3v) is 4.13. The fraction of sp³-hybridized carbons (Fsp3) is 0.111. The number of carbonyl (C=O) groups excluding carboxylic acids is 2. The van der Waals surface area contributed by atoms with Crippen molar-refractivity contribution in [3.8, 4) is 0 Å². The molecule has 0 heterocycles. The highest BCUT2D eigenvalue weighted by Gasteiger charge is 2.07. The number of carbonyl (C=O) groups is 2. The monoisotopic (exact) mass is 397 g/mol. The summed E-state index contributed by atoms with van der Waals surface area (Å²) in [6.45, 7) is 1.44. The molecule has 2 rings (SSSR count). The number of hydrogen-bond donors (Lipinski definition) is 1. The van der Waals surface area contributed by atoms with Gasteiger partial charge in [0.2, 0.25) is 0 Å². The number of halogens is 3. The van der Waals surface area contributed by atoms with Gasteiger partial charge in [-0.2, -0.15) is 0 Å². The van der Waals surface area contributed by atoms with Crippen LogP contribution in [0, 0.1) is 6.92 Å². The van der Waals surface area contributed by atoms with Gasteiger partial charge < -0.3 is 10.1 Å². The van der Waals surface area contributed by atoms with E-state index in [1.807, 2.05) is 6.92 Å². The molecule has 0 aliphatic carbocycles. The van der Waals surface area contributed by atoms with Gasteiger partial charge in [0.1, 0.15) is 0 Å². The second-order valence-electron chi connectivity index (χ2n) is 5.12. The summed E-state index contributed by atoms with van der Waals surface area (Å²) in [5, 5.41) is 4.04. The third-order valence-electron chi connectivity index (χ3n) is 3.16. The predicted octanol–water partition coefficient (Wildman–Crippen LogP) is 5.15. The summed E-state index contributed by atoms with van der Waals surface area (Å²) in [6, 6.07) is 10.0. The topological polar surface area (TPSA) is 55.4 Å². The summed E-state index contributed by atoms with van der Waals surface area (Å²) < 4.78 is 4.88. The second-order valence-corrected chi connectivity index (χ2v) is 6.37. The maximum absolute atomic E-state index is 11.8. The van der Waals surface area contributed by atoms with E-state index in [1.54, 1.807) is 36.4 Å². The molecule has 0 spiro atoms. The minimum Gasteiger partial charge on any atom is -0.452 e. The first-order valence-corrected chi connectivity index (χ1v) is 8.34. The molecule has 1 amide bonds. The van der Waals surface area contributed by atoms with Gasteiger partial charge in [-0.05, 0) is 48.4 Å². The van der Waals surface area contributed by atoms with E-state index in [1.165, 1.54) is 12.2 Å². The summed E-state index contributed by atoms with van der Waals surface area (Å²) in [6.07, 6.45) is 2.67. The van der Waals surface area contributed by atoms with Crippen LogP contribution < -0.4 is 5.32 Å². The Morgan fingerprint density at radius 3 is 2.52 bits per heavy atom. The van der Waals surface area contributed by atoms with Crippen LogP contribution >= 0.6 is 34.8 Å². The van der Waals surface area contributed by atoms with Gasteiger partial charge in [0.05, 0.1) is 0 Å². The van der Waals surface area contributed by atoms with Gasteiger partial charge in [0.15, 0.2) is 6.61 Å². The van der Waals surface area contributed by atoms with Crippen LogP contribution in [0.4, 0.5) is 5.69 Å². The molecule has 0 radical (unpaired) electrons. The first-order valence-electron chi connectivity index (χ1n) is 7.21. The zero-order chi connectivity index (χ0) is 18.4. The number of anilines is 1. The Hall–Kier alpha value is -2.01. The van der Waals surface area contributed by atoms with E-state index in [-0.39, 0.29) is 0 Å².